The summed E-state index contributed by atoms with van der Waals surface area (Å²) in [6.45, 7) is 4.35. The zero-order valence-corrected chi connectivity index (χ0v) is 19.8. The van der Waals surface area contributed by atoms with Gasteiger partial charge in [0.05, 0.1) is 0 Å². The molecule has 33 heavy (non-hydrogen) atoms. The van der Waals surface area contributed by atoms with Crippen molar-refractivity contribution in [3.05, 3.63) is 71.8 Å². The molecule has 4 heteroatoms. The molecule has 2 aliphatic heterocycles. The molecule has 0 N–H and O–H groups in total. The van der Waals surface area contributed by atoms with Crippen LogP contribution in [0, 0.1) is 5.41 Å². The lowest BCUT2D eigenvalue weighted by Gasteiger charge is -2.33. The van der Waals surface area contributed by atoms with Crippen LogP contribution in [0.2, 0.25) is 0 Å². The van der Waals surface area contributed by atoms with Crippen molar-refractivity contribution in [3.63, 3.8) is 0 Å². The van der Waals surface area contributed by atoms with Crippen molar-refractivity contribution in [2.75, 3.05) is 0 Å². The molecule has 2 spiro atoms. The Morgan fingerprint density at radius 3 is 1.36 bits per heavy atom. The molecule has 0 unspecified atom stereocenters. The molecular weight excluding hydrogens is 408 g/mol. The first-order valence-electron chi connectivity index (χ1n) is 12.7. The van der Waals surface area contributed by atoms with E-state index < -0.39 is 5.41 Å². The molecule has 0 bridgehead atoms. The first kappa shape index (κ1) is 20.9. The van der Waals surface area contributed by atoms with E-state index in [1.165, 1.54) is 36.8 Å². The van der Waals surface area contributed by atoms with Crippen molar-refractivity contribution in [1.29, 1.82) is 0 Å². The van der Waals surface area contributed by atoms with E-state index in [9.17, 15) is 0 Å². The minimum absolute atomic E-state index is 0.0443. The Hall–Kier alpha value is -2.62. The Morgan fingerprint density at radius 1 is 0.636 bits per heavy atom. The number of benzene rings is 2. The lowest BCUT2D eigenvalue weighted by Crippen LogP contribution is -2.41. The van der Waals surface area contributed by atoms with Crippen LogP contribution in [0.3, 0.4) is 0 Å². The summed E-state index contributed by atoms with van der Waals surface area (Å²) >= 11 is 0. The lowest BCUT2D eigenvalue weighted by molar-refractivity contribution is 0.0427. The van der Waals surface area contributed by atoms with Gasteiger partial charge in [0.15, 0.2) is 11.8 Å². The Balaban J connectivity index is 1.37. The van der Waals surface area contributed by atoms with Gasteiger partial charge in [-0.2, -0.15) is 0 Å². The van der Waals surface area contributed by atoms with Gasteiger partial charge >= 0.3 is 0 Å². The zero-order valence-electron chi connectivity index (χ0n) is 19.8. The van der Waals surface area contributed by atoms with Gasteiger partial charge in [0.1, 0.15) is 28.7 Å². The van der Waals surface area contributed by atoms with Gasteiger partial charge in [-0.15, -0.1) is 0 Å². The normalized spacial score (nSPS) is 27.5. The number of hydrogen-bond donors (Lipinski definition) is 0. The quantitative estimate of drug-likeness (QED) is 0.513. The van der Waals surface area contributed by atoms with Crippen LogP contribution in [0.4, 0.5) is 0 Å². The Labute approximate surface area is 197 Å². The van der Waals surface area contributed by atoms with Crippen LogP contribution in [-0.2, 0) is 9.47 Å². The second-order valence-corrected chi connectivity index (χ2v) is 10.9. The Bertz CT molecular complexity index is 976. The van der Waals surface area contributed by atoms with Crippen molar-refractivity contribution in [2.24, 2.45) is 15.4 Å². The third kappa shape index (κ3) is 3.33. The second kappa shape index (κ2) is 7.72. The lowest BCUT2D eigenvalue weighted by atomic mass is 9.88. The van der Waals surface area contributed by atoms with Gasteiger partial charge < -0.3 is 9.47 Å². The molecule has 4 nitrogen and oxygen atoms in total. The second-order valence-electron chi connectivity index (χ2n) is 10.9. The molecule has 0 saturated heterocycles. The van der Waals surface area contributed by atoms with Crippen molar-refractivity contribution >= 4 is 11.8 Å². The molecule has 0 aromatic heterocycles. The van der Waals surface area contributed by atoms with Crippen LogP contribution >= 0.6 is 0 Å². The summed E-state index contributed by atoms with van der Waals surface area (Å²) < 4.78 is 13.7. The summed E-state index contributed by atoms with van der Waals surface area (Å²) in [5.74, 6) is 1.58. The van der Waals surface area contributed by atoms with Crippen LogP contribution < -0.4 is 0 Å². The molecule has 0 radical (unpaired) electrons. The fraction of sp³-hybridized carbons (Fsp3) is 0.517. The van der Waals surface area contributed by atoms with Crippen LogP contribution in [0.1, 0.15) is 88.4 Å². The van der Waals surface area contributed by atoms with Gasteiger partial charge in [0.2, 0.25) is 0 Å². The van der Waals surface area contributed by atoms with Gasteiger partial charge in [-0.25, -0.2) is 9.98 Å². The highest BCUT2D eigenvalue weighted by molar-refractivity contribution is 6.06. The topological polar surface area (TPSA) is 43.2 Å². The van der Waals surface area contributed by atoms with E-state index in [-0.39, 0.29) is 23.3 Å². The fourth-order valence-electron chi connectivity index (χ4n) is 6.41. The van der Waals surface area contributed by atoms with Crippen molar-refractivity contribution in [1.82, 2.24) is 0 Å². The third-order valence-electron chi connectivity index (χ3n) is 8.29. The van der Waals surface area contributed by atoms with E-state index in [0.29, 0.717) is 0 Å². The SMILES string of the molecule is CC(C)(C1=N[C@H](c2ccccc2)C2(CCCC2)O1)C1=N[C@H](c2ccccc2)C2(CCCC2)O1. The summed E-state index contributed by atoms with van der Waals surface area (Å²) in [6.07, 6.45) is 9.01. The molecule has 2 saturated carbocycles. The van der Waals surface area contributed by atoms with Crippen molar-refractivity contribution in [2.45, 2.75) is 88.5 Å². The van der Waals surface area contributed by atoms with E-state index in [0.717, 1.165) is 37.5 Å². The van der Waals surface area contributed by atoms with E-state index in [1.54, 1.807) is 0 Å². The number of rotatable bonds is 4. The summed E-state index contributed by atoms with van der Waals surface area (Å²) in [4.78, 5) is 10.5. The maximum atomic E-state index is 6.84. The number of ether oxygens (including phenoxy) is 2. The average Bonchev–Trinajstić information content (AvgIpc) is 3.64. The molecule has 2 aromatic rings. The first-order chi connectivity index (χ1) is 16.0. The molecule has 0 amide bonds. The average molecular weight is 443 g/mol. The predicted molar refractivity (Wildman–Crippen MR) is 132 cm³/mol. The maximum Gasteiger partial charge on any atom is 0.200 e. The minimum Gasteiger partial charge on any atom is -0.471 e. The highest BCUT2D eigenvalue weighted by atomic mass is 16.5. The summed E-state index contributed by atoms with van der Waals surface area (Å²) in [5.41, 5.74) is 1.54. The Morgan fingerprint density at radius 2 is 1.00 bits per heavy atom. The van der Waals surface area contributed by atoms with Crippen LogP contribution in [0.25, 0.3) is 0 Å². The maximum absolute atomic E-state index is 6.84. The van der Waals surface area contributed by atoms with Crippen molar-refractivity contribution < 1.29 is 9.47 Å². The van der Waals surface area contributed by atoms with Gasteiger partial charge in [-0.05, 0) is 76.3 Å². The van der Waals surface area contributed by atoms with Gasteiger partial charge in [-0.3, -0.25) is 0 Å². The summed E-state index contributed by atoms with van der Waals surface area (Å²) in [6, 6.07) is 21.4. The summed E-state index contributed by atoms with van der Waals surface area (Å²) in [5, 5.41) is 0. The fourth-order valence-corrected chi connectivity index (χ4v) is 6.41. The molecule has 2 atom stereocenters. The third-order valence-corrected chi connectivity index (χ3v) is 8.29. The molecule has 172 valence electrons. The van der Waals surface area contributed by atoms with E-state index in [4.69, 9.17) is 19.5 Å². The number of hydrogen-bond acceptors (Lipinski definition) is 4. The molecule has 2 fully saturated rings. The first-order valence-corrected chi connectivity index (χ1v) is 12.7. The predicted octanol–water partition coefficient (Wildman–Crippen LogP) is 6.98. The van der Waals surface area contributed by atoms with Gasteiger partial charge in [-0.1, -0.05) is 60.7 Å². The largest absolute Gasteiger partial charge is 0.471 e. The minimum atomic E-state index is -0.502. The molecule has 2 aromatic carbocycles. The number of aliphatic imine (C=N–C) groups is 2. The van der Waals surface area contributed by atoms with Gasteiger partial charge in [0, 0.05) is 0 Å². The van der Waals surface area contributed by atoms with Crippen LogP contribution in [0.5, 0.6) is 0 Å². The highest BCUT2D eigenvalue weighted by Gasteiger charge is 2.57. The molecule has 2 aliphatic carbocycles. The number of nitrogens with zero attached hydrogens (tertiary/aromatic N) is 2. The summed E-state index contributed by atoms with van der Waals surface area (Å²) in [7, 11) is 0. The molecule has 6 rings (SSSR count). The Kier molecular flexibility index (Phi) is 4.90. The van der Waals surface area contributed by atoms with E-state index >= 15 is 0 Å². The smallest absolute Gasteiger partial charge is 0.200 e. The molecule has 4 aliphatic rings. The zero-order chi connectivity index (χ0) is 22.5. The van der Waals surface area contributed by atoms with E-state index in [2.05, 4.69) is 74.5 Å². The molecule has 2 heterocycles. The molecular formula is C29H34N2O2. The van der Waals surface area contributed by atoms with Crippen molar-refractivity contribution in [3.8, 4) is 0 Å². The van der Waals surface area contributed by atoms with E-state index in [1.807, 2.05) is 0 Å². The standard InChI is InChI=1S/C29H34N2O2/c1-27(2,25-30-23(21-13-5-3-6-14-21)28(32-25)17-9-10-18-28)26-31-24(22-15-7-4-8-16-22)29(33-26)19-11-12-20-29/h3-8,13-16,23-24H,9-12,17-20H2,1-2H3/t23-,24-/m1/s1. The van der Waals surface area contributed by atoms with Crippen LogP contribution in [-0.4, -0.2) is 23.0 Å². The highest BCUT2D eigenvalue weighted by Crippen LogP contribution is 2.54. The monoisotopic (exact) mass is 442 g/mol. The van der Waals surface area contributed by atoms with Gasteiger partial charge in [0.25, 0.3) is 0 Å². The van der Waals surface area contributed by atoms with Crippen LogP contribution in [0.15, 0.2) is 70.6 Å².